The molecule has 0 radical (unpaired) electrons. The number of amides is 2. The zero-order valence-electron chi connectivity index (χ0n) is 19.5. The molecule has 0 N–H and O–H groups in total. The maximum atomic E-state index is 12.9. The summed E-state index contributed by atoms with van der Waals surface area (Å²) in [7, 11) is 0. The Morgan fingerprint density at radius 1 is 1.00 bits per heavy atom. The van der Waals surface area contributed by atoms with Gasteiger partial charge in [0.25, 0.3) is 0 Å². The molecule has 2 fully saturated rings. The fraction of sp³-hybridized carbons (Fsp3) is 0.346. The second kappa shape index (κ2) is 10.4. The van der Waals surface area contributed by atoms with Crippen LogP contribution in [0.25, 0.3) is 11.4 Å². The van der Waals surface area contributed by atoms with Gasteiger partial charge in [-0.05, 0) is 43.5 Å². The van der Waals surface area contributed by atoms with E-state index in [1.807, 2.05) is 71.3 Å². The van der Waals surface area contributed by atoms with Crippen LogP contribution in [0.5, 0.6) is 0 Å². The maximum Gasteiger partial charge on any atom is 0.411 e. The number of carbonyl (C=O) groups excluding carboxylic acids is 2. The van der Waals surface area contributed by atoms with Gasteiger partial charge >= 0.3 is 6.09 Å². The van der Waals surface area contributed by atoms with E-state index in [0.29, 0.717) is 18.2 Å². The van der Waals surface area contributed by atoms with Crippen molar-refractivity contribution < 1.29 is 14.3 Å². The smallest absolute Gasteiger partial charge is 0.411 e. The molecule has 8 nitrogen and oxygen atoms in total. The zero-order valence-corrected chi connectivity index (χ0v) is 20.3. The SMILES string of the molecule is CC1C(c2ccccc2)OC(=O)N1C1CCN(C(=O)CSc2nccc(-c3ccccn3)n2)CC1. The lowest BCUT2D eigenvalue weighted by Crippen LogP contribution is -2.49. The molecule has 35 heavy (non-hydrogen) atoms. The molecule has 2 aliphatic rings. The lowest BCUT2D eigenvalue weighted by molar-refractivity contribution is -0.129. The molecule has 0 bridgehead atoms. The van der Waals surface area contributed by atoms with Crippen LogP contribution in [-0.4, -0.2) is 67.7 Å². The van der Waals surface area contributed by atoms with E-state index in [4.69, 9.17) is 4.74 Å². The number of hydrogen-bond donors (Lipinski definition) is 0. The molecular formula is C26H27N5O3S. The average molecular weight is 490 g/mol. The molecule has 1 aromatic carbocycles. The minimum atomic E-state index is -0.267. The van der Waals surface area contributed by atoms with Crippen molar-refractivity contribution >= 4 is 23.8 Å². The summed E-state index contributed by atoms with van der Waals surface area (Å²) in [6.07, 6.45) is 4.36. The molecule has 2 amide bonds. The Kier molecular flexibility index (Phi) is 6.94. The molecule has 3 aromatic rings. The van der Waals surface area contributed by atoms with Gasteiger partial charge < -0.3 is 9.64 Å². The van der Waals surface area contributed by atoms with E-state index in [9.17, 15) is 9.59 Å². The number of likely N-dealkylation sites (tertiary alicyclic amines) is 1. The predicted octanol–water partition coefficient (Wildman–Crippen LogP) is 4.20. The Hall–Kier alpha value is -3.46. The number of aromatic nitrogens is 3. The highest BCUT2D eigenvalue weighted by atomic mass is 32.2. The minimum Gasteiger partial charge on any atom is -0.439 e. The fourth-order valence-electron chi connectivity index (χ4n) is 4.73. The van der Waals surface area contributed by atoms with Crippen molar-refractivity contribution in [2.24, 2.45) is 0 Å². The van der Waals surface area contributed by atoms with E-state index in [2.05, 4.69) is 15.0 Å². The van der Waals surface area contributed by atoms with Crippen LogP contribution in [0.2, 0.25) is 0 Å². The normalized spacial score (nSPS) is 20.7. The maximum absolute atomic E-state index is 12.9. The Morgan fingerprint density at radius 2 is 1.77 bits per heavy atom. The van der Waals surface area contributed by atoms with Gasteiger partial charge in [0.1, 0.15) is 6.10 Å². The number of ether oxygens (including phenoxy) is 1. The first-order chi connectivity index (χ1) is 17.1. The number of cyclic esters (lactones) is 1. The topological polar surface area (TPSA) is 88.5 Å². The molecule has 2 aliphatic heterocycles. The van der Waals surface area contributed by atoms with Crippen LogP contribution < -0.4 is 0 Å². The second-order valence-electron chi connectivity index (χ2n) is 8.70. The standard InChI is InChI=1S/C26H27N5O3S/c1-18-24(19-7-3-2-4-8-19)34-26(33)31(18)20-11-15-30(16-12-20)23(32)17-35-25-28-14-10-22(29-25)21-9-5-6-13-27-21/h2-10,13-14,18,20,24H,11-12,15-17H2,1H3. The number of rotatable bonds is 6. The molecule has 2 saturated heterocycles. The van der Waals surface area contributed by atoms with E-state index >= 15 is 0 Å². The molecule has 180 valence electrons. The average Bonchev–Trinajstić information content (AvgIpc) is 3.22. The van der Waals surface area contributed by atoms with Gasteiger partial charge in [0.05, 0.1) is 23.2 Å². The summed E-state index contributed by atoms with van der Waals surface area (Å²) in [6.45, 7) is 3.27. The van der Waals surface area contributed by atoms with Crippen LogP contribution in [0.3, 0.4) is 0 Å². The lowest BCUT2D eigenvalue weighted by Gasteiger charge is -2.37. The summed E-state index contributed by atoms with van der Waals surface area (Å²) in [5, 5.41) is 0.553. The Balaban J connectivity index is 1.14. The number of pyridine rings is 1. The van der Waals surface area contributed by atoms with Gasteiger partial charge in [0.15, 0.2) is 5.16 Å². The third-order valence-corrected chi connectivity index (χ3v) is 7.39. The van der Waals surface area contributed by atoms with Crippen molar-refractivity contribution in [3.05, 3.63) is 72.6 Å². The van der Waals surface area contributed by atoms with E-state index in [-0.39, 0.29) is 35.9 Å². The fourth-order valence-corrected chi connectivity index (χ4v) is 5.46. The van der Waals surface area contributed by atoms with Gasteiger partial charge in [-0.3, -0.25) is 14.7 Å². The van der Waals surface area contributed by atoms with Gasteiger partial charge in [-0.1, -0.05) is 48.2 Å². The summed E-state index contributed by atoms with van der Waals surface area (Å²) >= 11 is 1.33. The molecule has 0 saturated carbocycles. The second-order valence-corrected chi connectivity index (χ2v) is 9.65. The molecule has 0 spiro atoms. The van der Waals surface area contributed by atoms with Crippen LogP contribution in [0.1, 0.15) is 31.4 Å². The van der Waals surface area contributed by atoms with Gasteiger partial charge in [-0.2, -0.15) is 0 Å². The summed E-state index contributed by atoms with van der Waals surface area (Å²) in [5.41, 5.74) is 2.51. The highest BCUT2D eigenvalue weighted by Gasteiger charge is 2.44. The molecule has 5 rings (SSSR count). The largest absolute Gasteiger partial charge is 0.439 e. The van der Waals surface area contributed by atoms with Gasteiger partial charge in [0, 0.05) is 31.5 Å². The van der Waals surface area contributed by atoms with Crippen LogP contribution in [0.15, 0.2) is 72.1 Å². The van der Waals surface area contributed by atoms with Crippen molar-refractivity contribution in [2.75, 3.05) is 18.8 Å². The lowest BCUT2D eigenvalue weighted by atomic mass is 9.98. The van der Waals surface area contributed by atoms with Crippen LogP contribution in [-0.2, 0) is 9.53 Å². The number of thioether (sulfide) groups is 1. The number of nitrogens with zero attached hydrogens (tertiary/aromatic N) is 5. The van der Waals surface area contributed by atoms with E-state index in [0.717, 1.165) is 29.8 Å². The molecule has 9 heteroatoms. The molecular weight excluding hydrogens is 462 g/mol. The number of carbonyl (C=O) groups is 2. The summed E-state index contributed by atoms with van der Waals surface area (Å²) in [6, 6.07) is 17.4. The summed E-state index contributed by atoms with van der Waals surface area (Å²) < 4.78 is 5.71. The molecule has 2 atom stereocenters. The van der Waals surface area contributed by atoms with Gasteiger partial charge in [0.2, 0.25) is 5.91 Å². The van der Waals surface area contributed by atoms with Crippen molar-refractivity contribution in [3.8, 4) is 11.4 Å². The molecule has 4 heterocycles. The van der Waals surface area contributed by atoms with Gasteiger partial charge in [-0.15, -0.1) is 0 Å². The van der Waals surface area contributed by atoms with Gasteiger partial charge in [-0.25, -0.2) is 14.8 Å². The number of hydrogen-bond acceptors (Lipinski definition) is 7. The summed E-state index contributed by atoms with van der Waals surface area (Å²) in [5.74, 6) is 0.327. The van der Waals surface area contributed by atoms with Crippen molar-refractivity contribution in [1.29, 1.82) is 0 Å². The third-order valence-electron chi connectivity index (χ3n) is 6.54. The highest BCUT2D eigenvalue weighted by Crippen LogP contribution is 2.35. The number of benzene rings is 1. The van der Waals surface area contributed by atoms with E-state index < -0.39 is 0 Å². The Morgan fingerprint density at radius 3 is 2.51 bits per heavy atom. The molecule has 0 aliphatic carbocycles. The first-order valence-electron chi connectivity index (χ1n) is 11.8. The monoisotopic (exact) mass is 489 g/mol. The molecule has 2 aromatic heterocycles. The quantitative estimate of drug-likeness (QED) is 0.379. The highest BCUT2D eigenvalue weighted by molar-refractivity contribution is 7.99. The first-order valence-corrected chi connectivity index (χ1v) is 12.8. The first kappa shape index (κ1) is 23.3. The van der Waals surface area contributed by atoms with Crippen LogP contribution in [0.4, 0.5) is 4.79 Å². The summed E-state index contributed by atoms with van der Waals surface area (Å²) in [4.78, 5) is 42.4. The third kappa shape index (κ3) is 5.14. The van der Waals surface area contributed by atoms with Crippen LogP contribution >= 0.6 is 11.8 Å². The van der Waals surface area contributed by atoms with Crippen molar-refractivity contribution in [2.45, 2.75) is 43.1 Å². The predicted molar refractivity (Wildman–Crippen MR) is 133 cm³/mol. The van der Waals surface area contributed by atoms with Crippen molar-refractivity contribution in [1.82, 2.24) is 24.8 Å². The zero-order chi connectivity index (χ0) is 24.2. The number of piperidine rings is 1. The van der Waals surface area contributed by atoms with E-state index in [1.54, 1.807) is 12.4 Å². The Labute approximate surface area is 208 Å². The van der Waals surface area contributed by atoms with Crippen molar-refractivity contribution in [3.63, 3.8) is 0 Å². The molecule has 2 unspecified atom stereocenters. The van der Waals surface area contributed by atoms with Crippen LogP contribution in [0, 0.1) is 0 Å². The Bertz CT molecular complexity index is 1170. The van der Waals surface area contributed by atoms with E-state index in [1.165, 1.54) is 11.8 Å². The minimum absolute atomic E-state index is 0.0452.